The van der Waals surface area contributed by atoms with Crippen molar-refractivity contribution in [2.24, 2.45) is 0 Å². The molecule has 0 spiro atoms. The van der Waals surface area contributed by atoms with Crippen LogP contribution in [0.3, 0.4) is 0 Å². The zero-order chi connectivity index (χ0) is 14.0. The highest BCUT2D eigenvalue weighted by Crippen LogP contribution is 2.39. The number of nitro benzene ring substituents is 2. The summed E-state index contributed by atoms with van der Waals surface area (Å²) in [6.45, 7) is 0. The third-order valence-corrected chi connectivity index (χ3v) is 2.64. The average molecular weight is 259 g/mol. The summed E-state index contributed by atoms with van der Waals surface area (Å²) in [5.41, 5.74) is 5.52. The number of para-hydroxylation sites is 2. The largest absolute Gasteiger partial charge is 0.398 e. The molecule has 0 saturated heterocycles. The lowest BCUT2D eigenvalue weighted by atomic mass is 10.0. The third-order valence-electron chi connectivity index (χ3n) is 2.64. The number of hydrogen-bond donors (Lipinski definition) is 1. The molecule has 0 heterocycles. The summed E-state index contributed by atoms with van der Waals surface area (Å²) in [5, 5.41) is 22.0. The highest BCUT2D eigenvalue weighted by molar-refractivity contribution is 5.85. The Hall–Kier alpha value is -2.96. The Morgan fingerprint density at radius 2 is 1.47 bits per heavy atom. The van der Waals surface area contributed by atoms with Crippen LogP contribution in [-0.2, 0) is 0 Å². The third kappa shape index (κ3) is 2.21. The van der Waals surface area contributed by atoms with Gasteiger partial charge in [0, 0.05) is 17.3 Å². The minimum absolute atomic E-state index is 0.136. The zero-order valence-electron chi connectivity index (χ0n) is 9.65. The molecule has 2 N–H and O–H groups in total. The minimum atomic E-state index is -0.777. The van der Waals surface area contributed by atoms with Crippen LogP contribution in [-0.4, -0.2) is 9.85 Å². The van der Waals surface area contributed by atoms with Crippen LogP contribution in [0.15, 0.2) is 42.5 Å². The quantitative estimate of drug-likeness (QED) is 0.517. The van der Waals surface area contributed by atoms with E-state index in [1.165, 1.54) is 12.1 Å². The average Bonchev–Trinajstić information content (AvgIpc) is 2.38. The van der Waals surface area contributed by atoms with E-state index in [2.05, 4.69) is 0 Å². The van der Waals surface area contributed by atoms with Gasteiger partial charge in [0.1, 0.15) is 0 Å². The van der Waals surface area contributed by atoms with Gasteiger partial charge in [0.2, 0.25) is 0 Å². The second-order valence-corrected chi connectivity index (χ2v) is 3.77. The molecule has 0 saturated carbocycles. The van der Waals surface area contributed by atoms with Gasteiger partial charge < -0.3 is 5.73 Å². The molecule has 0 unspecified atom stereocenters. The first-order valence-electron chi connectivity index (χ1n) is 5.29. The second kappa shape index (κ2) is 4.73. The zero-order valence-corrected chi connectivity index (χ0v) is 9.65. The van der Waals surface area contributed by atoms with Crippen molar-refractivity contribution < 1.29 is 9.85 Å². The molecule has 0 aliphatic rings. The minimum Gasteiger partial charge on any atom is -0.398 e. The van der Waals surface area contributed by atoms with Crippen molar-refractivity contribution in [2.45, 2.75) is 0 Å². The Morgan fingerprint density at radius 1 is 0.842 bits per heavy atom. The van der Waals surface area contributed by atoms with Gasteiger partial charge in [-0.3, -0.25) is 20.2 Å². The normalized spacial score (nSPS) is 10.1. The monoisotopic (exact) mass is 259 g/mol. The SMILES string of the molecule is Nc1ccccc1-c1cccc([N+](=O)[O-])c1[N+](=O)[O-]. The lowest BCUT2D eigenvalue weighted by Gasteiger charge is -2.06. The smallest absolute Gasteiger partial charge is 0.353 e. The van der Waals surface area contributed by atoms with Gasteiger partial charge in [-0.05, 0) is 12.1 Å². The molecular weight excluding hydrogens is 250 g/mol. The molecule has 0 fully saturated rings. The number of hydrogen-bond acceptors (Lipinski definition) is 5. The molecule has 19 heavy (non-hydrogen) atoms. The van der Waals surface area contributed by atoms with Crippen LogP contribution in [0.2, 0.25) is 0 Å². The topological polar surface area (TPSA) is 112 Å². The van der Waals surface area contributed by atoms with Crippen molar-refractivity contribution in [1.29, 1.82) is 0 Å². The van der Waals surface area contributed by atoms with Gasteiger partial charge in [0.15, 0.2) is 0 Å². The van der Waals surface area contributed by atoms with E-state index in [0.29, 0.717) is 11.3 Å². The number of nitrogens with two attached hydrogens (primary N) is 1. The predicted molar refractivity (Wildman–Crippen MR) is 69.6 cm³/mol. The molecule has 7 heteroatoms. The summed E-state index contributed by atoms with van der Waals surface area (Å²) in [5.74, 6) is 0. The van der Waals surface area contributed by atoms with E-state index < -0.39 is 21.2 Å². The molecule has 0 bridgehead atoms. The summed E-state index contributed by atoms with van der Waals surface area (Å²) in [4.78, 5) is 20.4. The lowest BCUT2D eigenvalue weighted by Crippen LogP contribution is -2.00. The molecule has 0 aliphatic heterocycles. The Labute approximate surface area is 107 Å². The molecule has 0 aromatic heterocycles. The van der Waals surface area contributed by atoms with Crippen molar-refractivity contribution in [2.75, 3.05) is 5.73 Å². The van der Waals surface area contributed by atoms with Crippen LogP contribution in [0.25, 0.3) is 11.1 Å². The first-order chi connectivity index (χ1) is 9.02. The molecule has 0 amide bonds. The molecule has 0 radical (unpaired) electrons. The summed E-state index contributed by atoms with van der Waals surface area (Å²) in [6, 6.07) is 10.4. The van der Waals surface area contributed by atoms with Gasteiger partial charge in [0.05, 0.1) is 15.4 Å². The first kappa shape index (κ1) is 12.5. The number of rotatable bonds is 3. The fourth-order valence-electron chi connectivity index (χ4n) is 1.83. The van der Waals surface area contributed by atoms with Gasteiger partial charge in [-0.2, -0.15) is 0 Å². The van der Waals surface area contributed by atoms with Crippen molar-refractivity contribution in [1.82, 2.24) is 0 Å². The standard InChI is InChI=1S/C12H9N3O4/c13-10-6-2-1-4-8(10)9-5-3-7-11(14(16)17)12(9)15(18)19/h1-7H,13H2. The van der Waals surface area contributed by atoms with E-state index in [9.17, 15) is 20.2 Å². The Balaban J connectivity index is 2.78. The van der Waals surface area contributed by atoms with Crippen molar-refractivity contribution in [3.05, 3.63) is 62.7 Å². The van der Waals surface area contributed by atoms with Crippen LogP contribution < -0.4 is 5.73 Å². The number of anilines is 1. The number of nitrogens with zero attached hydrogens (tertiary/aromatic N) is 2. The lowest BCUT2D eigenvalue weighted by molar-refractivity contribution is -0.422. The first-order valence-corrected chi connectivity index (χ1v) is 5.29. The fraction of sp³-hybridized carbons (Fsp3) is 0. The highest BCUT2D eigenvalue weighted by atomic mass is 16.6. The Bertz CT molecular complexity index is 670. The maximum Gasteiger partial charge on any atom is 0.353 e. The van der Waals surface area contributed by atoms with Gasteiger partial charge in [0.25, 0.3) is 0 Å². The molecule has 2 aromatic carbocycles. The van der Waals surface area contributed by atoms with Gasteiger partial charge in [-0.15, -0.1) is 0 Å². The summed E-state index contributed by atoms with van der Waals surface area (Å²) in [7, 11) is 0. The number of benzene rings is 2. The van der Waals surface area contributed by atoms with E-state index in [4.69, 9.17) is 5.73 Å². The van der Waals surface area contributed by atoms with Crippen LogP contribution in [0.4, 0.5) is 17.1 Å². The summed E-state index contributed by atoms with van der Waals surface area (Å²) < 4.78 is 0. The molecule has 2 rings (SSSR count). The molecule has 0 atom stereocenters. The van der Waals surface area contributed by atoms with Gasteiger partial charge >= 0.3 is 11.4 Å². The van der Waals surface area contributed by atoms with E-state index in [1.54, 1.807) is 24.3 Å². The molecule has 2 aromatic rings. The van der Waals surface area contributed by atoms with E-state index >= 15 is 0 Å². The van der Waals surface area contributed by atoms with E-state index in [-0.39, 0.29) is 5.56 Å². The number of nitrogen functional groups attached to an aromatic ring is 1. The van der Waals surface area contributed by atoms with Crippen LogP contribution in [0.1, 0.15) is 0 Å². The van der Waals surface area contributed by atoms with E-state index in [0.717, 1.165) is 6.07 Å². The molecule has 96 valence electrons. The van der Waals surface area contributed by atoms with Crippen molar-refractivity contribution in [3.8, 4) is 11.1 Å². The van der Waals surface area contributed by atoms with Crippen LogP contribution in [0.5, 0.6) is 0 Å². The van der Waals surface area contributed by atoms with Crippen molar-refractivity contribution >= 4 is 17.1 Å². The highest BCUT2D eigenvalue weighted by Gasteiger charge is 2.29. The Kier molecular flexibility index (Phi) is 3.11. The molecular formula is C12H9N3O4. The maximum absolute atomic E-state index is 11.1. The second-order valence-electron chi connectivity index (χ2n) is 3.77. The summed E-state index contributed by atoms with van der Waals surface area (Å²) in [6.07, 6.45) is 0. The fourth-order valence-corrected chi connectivity index (χ4v) is 1.83. The predicted octanol–water partition coefficient (Wildman–Crippen LogP) is 2.75. The van der Waals surface area contributed by atoms with Crippen LogP contribution in [0, 0.1) is 20.2 Å². The van der Waals surface area contributed by atoms with Crippen molar-refractivity contribution in [3.63, 3.8) is 0 Å². The molecule has 0 aliphatic carbocycles. The Morgan fingerprint density at radius 3 is 2.05 bits per heavy atom. The van der Waals surface area contributed by atoms with Gasteiger partial charge in [-0.25, -0.2) is 0 Å². The van der Waals surface area contributed by atoms with Crippen LogP contribution >= 0.6 is 0 Å². The maximum atomic E-state index is 11.1. The summed E-state index contributed by atoms with van der Waals surface area (Å²) >= 11 is 0. The number of nitro groups is 2. The van der Waals surface area contributed by atoms with Gasteiger partial charge in [-0.1, -0.05) is 24.3 Å². The molecule has 7 nitrogen and oxygen atoms in total. The van der Waals surface area contributed by atoms with E-state index in [1.807, 2.05) is 0 Å².